The molecule has 4 nitrogen and oxygen atoms in total. The van der Waals surface area contributed by atoms with E-state index in [1.54, 1.807) is 6.20 Å². The van der Waals surface area contributed by atoms with Crippen LogP contribution >= 0.6 is 0 Å². The smallest absolute Gasteiger partial charge is 0.215 e. The molecule has 0 unspecified atom stereocenters. The average molecular weight is 280 g/mol. The third kappa shape index (κ3) is 3.17. The fraction of sp³-hybridized carbons (Fsp3) is 0.176. The fourth-order valence-electron chi connectivity index (χ4n) is 2.24. The Hall–Kier alpha value is -2.46. The number of aliphatic hydroxyl groups excluding tert-OH is 1. The van der Waals surface area contributed by atoms with Gasteiger partial charge in [0.1, 0.15) is 0 Å². The van der Waals surface area contributed by atoms with Crippen LogP contribution in [-0.2, 0) is 13.0 Å². The number of hydrogen-bond donors (Lipinski definition) is 1. The Morgan fingerprint density at radius 1 is 0.952 bits per heavy atom. The summed E-state index contributed by atoms with van der Waals surface area (Å²) in [6, 6.07) is 15.5. The minimum atomic E-state index is 0.0499. The van der Waals surface area contributed by atoms with Crippen LogP contribution in [0, 0.1) is 0 Å². The second-order valence-electron chi connectivity index (χ2n) is 4.72. The number of nitrogens with zero attached hydrogens (tertiary/aromatic N) is 2. The van der Waals surface area contributed by atoms with Gasteiger partial charge in [-0.25, -0.2) is 4.98 Å². The van der Waals surface area contributed by atoms with E-state index < -0.39 is 0 Å². The summed E-state index contributed by atoms with van der Waals surface area (Å²) in [5, 5.41) is 10.3. The van der Waals surface area contributed by atoms with E-state index in [9.17, 15) is 5.11 Å². The topological polar surface area (TPSA) is 55.2 Å². The predicted octanol–water partition coefficient (Wildman–Crippen LogP) is 2.74. The van der Waals surface area contributed by atoms with Crippen molar-refractivity contribution in [3.63, 3.8) is 0 Å². The van der Waals surface area contributed by atoms with Crippen molar-refractivity contribution in [1.29, 1.82) is 0 Å². The third-order valence-corrected chi connectivity index (χ3v) is 3.35. The maximum Gasteiger partial charge on any atom is 0.215 e. The molecule has 3 aromatic rings. The van der Waals surface area contributed by atoms with Crippen LogP contribution in [-0.4, -0.2) is 21.7 Å². The van der Waals surface area contributed by atoms with Crippen molar-refractivity contribution in [3.05, 3.63) is 65.9 Å². The zero-order chi connectivity index (χ0) is 14.5. The van der Waals surface area contributed by atoms with Crippen LogP contribution in [0.5, 0.6) is 5.88 Å². The monoisotopic (exact) mass is 280 g/mol. The lowest BCUT2D eigenvalue weighted by Crippen LogP contribution is -2.05. The van der Waals surface area contributed by atoms with Crippen molar-refractivity contribution >= 4 is 11.0 Å². The summed E-state index contributed by atoms with van der Waals surface area (Å²) < 4.78 is 5.68. The predicted molar refractivity (Wildman–Crippen MR) is 81.1 cm³/mol. The number of ether oxygens (including phenoxy) is 1. The number of aromatic nitrogens is 2. The van der Waals surface area contributed by atoms with Crippen molar-refractivity contribution < 1.29 is 9.84 Å². The molecule has 2 heterocycles. The first-order valence-corrected chi connectivity index (χ1v) is 6.89. The highest BCUT2D eigenvalue weighted by Crippen LogP contribution is 2.15. The van der Waals surface area contributed by atoms with E-state index in [1.807, 2.05) is 48.5 Å². The van der Waals surface area contributed by atoms with E-state index in [2.05, 4.69) is 9.97 Å². The number of hydrogen-bond acceptors (Lipinski definition) is 4. The first kappa shape index (κ1) is 13.5. The van der Waals surface area contributed by atoms with Crippen molar-refractivity contribution in [2.75, 3.05) is 6.61 Å². The minimum absolute atomic E-state index is 0.0499. The molecule has 0 bridgehead atoms. The van der Waals surface area contributed by atoms with Crippen molar-refractivity contribution in [2.24, 2.45) is 0 Å². The van der Waals surface area contributed by atoms with Crippen LogP contribution in [0.1, 0.15) is 11.1 Å². The lowest BCUT2D eigenvalue weighted by atomic mass is 10.1. The summed E-state index contributed by atoms with van der Waals surface area (Å²) in [6.07, 6.45) is 2.45. The van der Waals surface area contributed by atoms with Gasteiger partial charge < -0.3 is 9.84 Å². The minimum Gasteiger partial charge on any atom is -0.477 e. The molecule has 0 aliphatic carbocycles. The van der Waals surface area contributed by atoms with Crippen LogP contribution in [0.2, 0.25) is 0 Å². The Morgan fingerprint density at radius 3 is 2.67 bits per heavy atom. The molecular weight excluding hydrogens is 264 g/mol. The third-order valence-electron chi connectivity index (χ3n) is 3.35. The van der Waals surface area contributed by atoms with Gasteiger partial charge in [0.05, 0.1) is 13.2 Å². The van der Waals surface area contributed by atoms with Crippen LogP contribution in [0.3, 0.4) is 0 Å². The number of fused-ring (bicyclic) bond motifs is 1. The van der Waals surface area contributed by atoms with Gasteiger partial charge in [0, 0.05) is 24.1 Å². The van der Waals surface area contributed by atoms with Gasteiger partial charge in [0.25, 0.3) is 0 Å². The van der Waals surface area contributed by atoms with Gasteiger partial charge in [-0.3, -0.25) is 0 Å². The molecule has 0 aliphatic rings. The largest absolute Gasteiger partial charge is 0.477 e. The zero-order valence-electron chi connectivity index (χ0n) is 11.6. The first-order valence-electron chi connectivity index (χ1n) is 6.89. The Bertz CT molecular complexity index is 743. The molecule has 4 heteroatoms. The molecule has 0 spiro atoms. The van der Waals surface area contributed by atoms with E-state index in [0.29, 0.717) is 18.1 Å². The summed E-state index contributed by atoms with van der Waals surface area (Å²) in [6.45, 7) is 0.566. The van der Waals surface area contributed by atoms with Gasteiger partial charge in [0.15, 0.2) is 5.65 Å². The molecule has 0 aliphatic heterocycles. The lowest BCUT2D eigenvalue weighted by Gasteiger charge is -2.08. The highest BCUT2D eigenvalue weighted by atomic mass is 16.5. The molecule has 0 atom stereocenters. The zero-order valence-corrected chi connectivity index (χ0v) is 11.6. The maximum absolute atomic E-state index is 9.29. The Labute approximate surface area is 123 Å². The second-order valence-corrected chi connectivity index (χ2v) is 4.72. The molecule has 0 saturated carbocycles. The summed E-state index contributed by atoms with van der Waals surface area (Å²) in [4.78, 5) is 8.58. The van der Waals surface area contributed by atoms with Crippen LogP contribution in [0.4, 0.5) is 0 Å². The second kappa shape index (κ2) is 6.33. The molecule has 106 valence electrons. The summed E-state index contributed by atoms with van der Waals surface area (Å²) in [5.74, 6) is 0.572. The maximum atomic E-state index is 9.29. The summed E-state index contributed by atoms with van der Waals surface area (Å²) in [7, 11) is 0. The Balaban J connectivity index is 1.66. The fourth-order valence-corrected chi connectivity index (χ4v) is 2.24. The lowest BCUT2D eigenvalue weighted by molar-refractivity contribution is 0.277. The molecular formula is C17H16N2O2. The molecule has 0 amide bonds. The van der Waals surface area contributed by atoms with Gasteiger partial charge >= 0.3 is 0 Å². The van der Waals surface area contributed by atoms with Gasteiger partial charge in [-0.2, -0.15) is 4.98 Å². The van der Waals surface area contributed by atoms with Crippen LogP contribution in [0.25, 0.3) is 11.0 Å². The summed E-state index contributed by atoms with van der Waals surface area (Å²) in [5.41, 5.74) is 2.72. The van der Waals surface area contributed by atoms with E-state index >= 15 is 0 Å². The van der Waals surface area contributed by atoms with E-state index in [4.69, 9.17) is 4.74 Å². The number of benzene rings is 1. The molecule has 0 fully saturated rings. The number of rotatable bonds is 5. The van der Waals surface area contributed by atoms with Crippen molar-refractivity contribution in [1.82, 2.24) is 9.97 Å². The SMILES string of the molecule is OCc1ccccc1CCOc1ccc2cccnc2n1. The molecule has 0 radical (unpaired) electrons. The molecule has 3 rings (SSSR count). The molecule has 1 aromatic carbocycles. The summed E-state index contributed by atoms with van der Waals surface area (Å²) >= 11 is 0. The Kier molecular flexibility index (Phi) is 4.07. The molecule has 0 saturated heterocycles. The van der Waals surface area contributed by atoms with E-state index in [0.717, 1.165) is 22.9 Å². The quantitative estimate of drug-likeness (QED) is 0.780. The number of pyridine rings is 2. The van der Waals surface area contributed by atoms with Gasteiger partial charge in [-0.1, -0.05) is 24.3 Å². The van der Waals surface area contributed by atoms with E-state index in [1.165, 1.54) is 0 Å². The average Bonchev–Trinajstić information content (AvgIpc) is 2.55. The van der Waals surface area contributed by atoms with Gasteiger partial charge in [-0.05, 0) is 29.3 Å². The van der Waals surface area contributed by atoms with Crippen LogP contribution in [0.15, 0.2) is 54.7 Å². The standard InChI is InChI=1S/C17H16N2O2/c20-12-15-5-2-1-4-13(15)9-11-21-16-8-7-14-6-3-10-18-17(14)19-16/h1-8,10,20H,9,11-12H2. The Morgan fingerprint density at radius 2 is 1.81 bits per heavy atom. The van der Waals surface area contributed by atoms with E-state index in [-0.39, 0.29) is 6.61 Å². The highest BCUT2D eigenvalue weighted by molar-refractivity contribution is 5.74. The van der Waals surface area contributed by atoms with Crippen molar-refractivity contribution in [3.8, 4) is 5.88 Å². The highest BCUT2D eigenvalue weighted by Gasteiger charge is 2.03. The number of aliphatic hydroxyl groups is 1. The van der Waals surface area contributed by atoms with Crippen LogP contribution < -0.4 is 4.74 Å². The molecule has 2 aromatic heterocycles. The normalized spacial score (nSPS) is 10.7. The molecule has 21 heavy (non-hydrogen) atoms. The van der Waals surface area contributed by atoms with Crippen molar-refractivity contribution in [2.45, 2.75) is 13.0 Å². The van der Waals surface area contributed by atoms with Gasteiger partial charge in [0.2, 0.25) is 5.88 Å². The first-order chi connectivity index (χ1) is 10.4. The molecule has 1 N–H and O–H groups in total. The van der Waals surface area contributed by atoms with Gasteiger partial charge in [-0.15, -0.1) is 0 Å².